The molecule has 4 nitrogen and oxygen atoms in total. The quantitative estimate of drug-likeness (QED) is 0.224. The van der Waals surface area contributed by atoms with Gasteiger partial charge >= 0.3 is 0 Å². The highest BCUT2D eigenvalue weighted by Gasteiger charge is 2.59. The van der Waals surface area contributed by atoms with Crippen LogP contribution in [0.3, 0.4) is 0 Å². The van der Waals surface area contributed by atoms with Gasteiger partial charge in [0.25, 0.3) is 0 Å². The second-order valence-electron chi connectivity index (χ2n) is 12.7. The lowest BCUT2D eigenvalue weighted by Crippen LogP contribution is -2.51. The molecule has 8 unspecified atom stereocenters. The molecule has 0 heterocycles. The van der Waals surface area contributed by atoms with Crippen LogP contribution >= 0.6 is 0 Å². The van der Waals surface area contributed by atoms with Crippen molar-refractivity contribution in [2.75, 3.05) is 0 Å². The van der Waals surface area contributed by atoms with Gasteiger partial charge < -0.3 is 4.55 Å². The van der Waals surface area contributed by atoms with E-state index in [0.29, 0.717) is 30.1 Å². The largest absolute Gasteiger partial charge is 0.726 e. The third-order valence-electron chi connectivity index (χ3n) is 10.8. The molecule has 0 amide bonds. The Bertz CT molecular complexity index is 890. The van der Waals surface area contributed by atoms with Crippen LogP contribution in [0, 0.1) is 46.3 Å². The van der Waals surface area contributed by atoms with Crippen LogP contribution in [0.25, 0.3) is 0 Å². The van der Waals surface area contributed by atoms with Gasteiger partial charge in [-0.3, -0.25) is 4.18 Å². The standard InChI is InChI=1S/C28H46O4S/c1-18(2)19(3)7-8-20(4)24-11-12-25-23-10-9-21-17-22(32-33(29,30)31)13-15-27(21,5)26(23)14-16-28(24,25)6/h9,18,20,22-26H,3,7-8,10-17H2,1-2,4-6H3,(H,29,30,31)/p-1. The maximum atomic E-state index is 11.1. The summed E-state index contributed by atoms with van der Waals surface area (Å²) in [5.41, 5.74) is 3.32. The smallest absolute Gasteiger partial charge is 0.217 e. The van der Waals surface area contributed by atoms with Crippen LogP contribution in [-0.2, 0) is 14.6 Å². The first-order chi connectivity index (χ1) is 15.3. The van der Waals surface area contributed by atoms with E-state index in [2.05, 4.69) is 47.3 Å². The van der Waals surface area contributed by atoms with Gasteiger partial charge in [-0.25, -0.2) is 8.42 Å². The lowest BCUT2D eigenvalue weighted by molar-refractivity contribution is -0.0559. The van der Waals surface area contributed by atoms with Crippen molar-refractivity contribution >= 4 is 10.4 Å². The molecule has 0 aliphatic heterocycles. The molecule has 188 valence electrons. The molecule has 0 spiro atoms. The summed E-state index contributed by atoms with van der Waals surface area (Å²) in [7, 11) is -4.64. The summed E-state index contributed by atoms with van der Waals surface area (Å²) in [4.78, 5) is 0. The molecule has 3 fully saturated rings. The van der Waals surface area contributed by atoms with Gasteiger partial charge in [0.1, 0.15) is 0 Å². The van der Waals surface area contributed by atoms with Gasteiger partial charge in [-0.15, -0.1) is 0 Å². The van der Waals surface area contributed by atoms with Gasteiger partial charge in [0, 0.05) is 0 Å². The second-order valence-corrected chi connectivity index (χ2v) is 13.7. The molecule has 4 rings (SSSR count). The van der Waals surface area contributed by atoms with Gasteiger partial charge in [-0.1, -0.05) is 58.4 Å². The Balaban J connectivity index is 1.47. The molecule has 0 aromatic carbocycles. The van der Waals surface area contributed by atoms with E-state index in [0.717, 1.165) is 42.9 Å². The van der Waals surface area contributed by atoms with E-state index in [4.69, 9.17) is 4.18 Å². The van der Waals surface area contributed by atoms with E-state index in [1.165, 1.54) is 43.3 Å². The molecule has 4 aliphatic rings. The summed E-state index contributed by atoms with van der Waals surface area (Å²) in [6.07, 6.45) is 13.0. The van der Waals surface area contributed by atoms with Crippen LogP contribution in [0.5, 0.6) is 0 Å². The first-order valence-corrected chi connectivity index (χ1v) is 14.7. The predicted octanol–water partition coefficient (Wildman–Crippen LogP) is 7.04. The normalized spacial score (nSPS) is 41.7. The highest BCUT2D eigenvalue weighted by atomic mass is 32.3. The Morgan fingerprint density at radius 3 is 2.55 bits per heavy atom. The Morgan fingerprint density at radius 1 is 1.15 bits per heavy atom. The monoisotopic (exact) mass is 477 g/mol. The van der Waals surface area contributed by atoms with Gasteiger partial charge in [-0.05, 0) is 111 Å². The van der Waals surface area contributed by atoms with Crippen LogP contribution in [0.1, 0.15) is 98.8 Å². The molecule has 33 heavy (non-hydrogen) atoms. The minimum absolute atomic E-state index is 0.134. The number of hydrogen-bond acceptors (Lipinski definition) is 4. The van der Waals surface area contributed by atoms with E-state index < -0.39 is 16.5 Å². The summed E-state index contributed by atoms with van der Waals surface area (Å²) in [6.45, 7) is 16.3. The fraction of sp³-hybridized carbons (Fsp3) is 0.857. The second kappa shape index (κ2) is 9.09. The molecular formula is C28H45O4S-. The maximum Gasteiger partial charge on any atom is 0.217 e. The molecule has 0 saturated heterocycles. The van der Waals surface area contributed by atoms with Crippen molar-refractivity contribution in [3.05, 3.63) is 23.8 Å². The van der Waals surface area contributed by atoms with E-state index in [-0.39, 0.29) is 5.41 Å². The van der Waals surface area contributed by atoms with Crippen LogP contribution < -0.4 is 0 Å². The average molecular weight is 478 g/mol. The zero-order chi connectivity index (χ0) is 24.2. The Kier molecular flexibility index (Phi) is 7.01. The lowest BCUT2D eigenvalue weighted by Gasteiger charge is -2.58. The number of rotatable bonds is 7. The van der Waals surface area contributed by atoms with Gasteiger partial charge in [-0.2, -0.15) is 0 Å². The molecular weight excluding hydrogens is 432 g/mol. The third kappa shape index (κ3) is 4.76. The third-order valence-corrected chi connectivity index (χ3v) is 11.3. The zero-order valence-corrected chi connectivity index (χ0v) is 22.3. The number of fused-ring (bicyclic) bond motifs is 5. The van der Waals surface area contributed by atoms with Gasteiger partial charge in [0.15, 0.2) is 0 Å². The zero-order valence-electron chi connectivity index (χ0n) is 21.4. The van der Waals surface area contributed by atoms with Crippen molar-refractivity contribution in [3.8, 4) is 0 Å². The van der Waals surface area contributed by atoms with Crippen molar-refractivity contribution in [2.24, 2.45) is 46.3 Å². The van der Waals surface area contributed by atoms with Gasteiger partial charge in [0.05, 0.1) is 6.10 Å². The fourth-order valence-corrected chi connectivity index (χ4v) is 9.25. The average Bonchev–Trinajstić information content (AvgIpc) is 3.08. The fourth-order valence-electron chi connectivity index (χ4n) is 8.75. The summed E-state index contributed by atoms with van der Waals surface area (Å²) in [5.74, 6) is 4.35. The lowest BCUT2D eigenvalue weighted by atomic mass is 9.47. The summed E-state index contributed by atoms with van der Waals surface area (Å²) in [5, 5.41) is 0. The highest BCUT2D eigenvalue weighted by Crippen LogP contribution is 2.67. The SMILES string of the molecule is C=C(CCC(C)C1CCC2C3CC=C4CC(OS(=O)(=O)[O-])CCC4(C)C3CCC12C)C(C)C. The molecule has 0 radical (unpaired) electrons. The first-order valence-electron chi connectivity index (χ1n) is 13.4. The van der Waals surface area contributed by atoms with Crippen LogP contribution in [-0.4, -0.2) is 19.1 Å². The van der Waals surface area contributed by atoms with Crippen LogP contribution in [0.4, 0.5) is 0 Å². The van der Waals surface area contributed by atoms with Gasteiger partial charge in [0.2, 0.25) is 10.4 Å². The first kappa shape index (κ1) is 25.4. The topological polar surface area (TPSA) is 66.4 Å². The molecule has 5 heteroatoms. The summed E-state index contributed by atoms with van der Waals surface area (Å²) < 4.78 is 38.2. The van der Waals surface area contributed by atoms with Crippen LogP contribution in [0.2, 0.25) is 0 Å². The molecule has 0 aromatic rings. The molecule has 0 N–H and O–H groups in total. The summed E-state index contributed by atoms with van der Waals surface area (Å²) >= 11 is 0. The molecule has 3 saturated carbocycles. The van der Waals surface area contributed by atoms with Crippen molar-refractivity contribution in [3.63, 3.8) is 0 Å². The van der Waals surface area contributed by atoms with E-state index in [1.807, 2.05) is 0 Å². The molecule has 8 atom stereocenters. The Morgan fingerprint density at radius 2 is 1.88 bits per heavy atom. The number of hydrogen-bond donors (Lipinski definition) is 0. The van der Waals surface area contributed by atoms with Crippen LogP contribution in [0.15, 0.2) is 23.8 Å². The summed E-state index contributed by atoms with van der Waals surface area (Å²) in [6, 6.07) is 0. The molecule has 4 aliphatic carbocycles. The minimum Gasteiger partial charge on any atom is -0.726 e. The highest BCUT2D eigenvalue weighted by molar-refractivity contribution is 7.80. The van der Waals surface area contributed by atoms with E-state index in [9.17, 15) is 13.0 Å². The molecule has 0 aromatic heterocycles. The minimum atomic E-state index is -4.64. The van der Waals surface area contributed by atoms with Crippen molar-refractivity contribution in [2.45, 2.75) is 105 Å². The predicted molar refractivity (Wildman–Crippen MR) is 132 cm³/mol. The van der Waals surface area contributed by atoms with Crippen molar-refractivity contribution in [1.29, 1.82) is 0 Å². The Hall–Kier alpha value is -0.650. The van der Waals surface area contributed by atoms with Crippen molar-refractivity contribution in [1.82, 2.24) is 0 Å². The Labute approximate surface area is 202 Å². The van der Waals surface area contributed by atoms with E-state index in [1.54, 1.807) is 0 Å². The van der Waals surface area contributed by atoms with Crippen molar-refractivity contribution < 1.29 is 17.2 Å². The number of allylic oxidation sites excluding steroid dienone is 2. The van der Waals surface area contributed by atoms with E-state index >= 15 is 0 Å². The molecule has 0 bridgehead atoms. The maximum absolute atomic E-state index is 11.1.